The zero-order valence-electron chi connectivity index (χ0n) is 17.5. The molecule has 2 aliphatic rings. The van der Waals surface area contributed by atoms with Crippen molar-refractivity contribution in [3.05, 3.63) is 60.2 Å². The molecule has 0 radical (unpaired) electrons. The van der Waals surface area contributed by atoms with E-state index in [2.05, 4.69) is 64.4 Å². The monoisotopic (exact) mass is 393 g/mol. The Balaban J connectivity index is 1.38. The van der Waals surface area contributed by atoms with Gasteiger partial charge in [0.25, 0.3) is 0 Å². The molecule has 2 heterocycles. The molecule has 2 aromatic rings. The summed E-state index contributed by atoms with van der Waals surface area (Å²) in [7, 11) is 1.84. The van der Waals surface area contributed by atoms with Crippen LogP contribution in [0.4, 0.5) is 11.4 Å². The fraction of sp³-hybridized carbons (Fsp3) is 0.458. The smallest absolute Gasteiger partial charge is 0.219 e. The molecule has 2 fully saturated rings. The molecule has 5 heteroatoms. The van der Waals surface area contributed by atoms with Gasteiger partial charge >= 0.3 is 0 Å². The SMILES string of the molecule is COC1(c2ccccc2)CCN(c2ccc(N3CCN(C(C)=O)CC3)cc2)CC1. The van der Waals surface area contributed by atoms with Gasteiger partial charge < -0.3 is 19.4 Å². The Morgan fingerprint density at radius 1 is 0.793 bits per heavy atom. The van der Waals surface area contributed by atoms with E-state index in [0.717, 1.165) is 52.1 Å². The molecule has 0 saturated carbocycles. The van der Waals surface area contributed by atoms with Gasteiger partial charge in [-0.2, -0.15) is 0 Å². The highest BCUT2D eigenvalue weighted by Crippen LogP contribution is 2.37. The van der Waals surface area contributed by atoms with Gasteiger partial charge in [-0.25, -0.2) is 0 Å². The molecule has 29 heavy (non-hydrogen) atoms. The Hall–Kier alpha value is -2.53. The molecule has 2 aliphatic heterocycles. The van der Waals surface area contributed by atoms with Crippen LogP contribution < -0.4 is 9.80 Å². The minimum atomic E-state index is -0.173. The van der Waals surface area contributed by atoms with E-state index in [0.29, 0.717) is 0 Å². The predicted molar refractivity (Wildman–Crippen MR) is 117 cm³/mol. The highest BCUT2D eigenvalue weighted by molar-refractivity contribution is 5.73. The van der Waals surface area contributed by atoms with E-state index in [-0.39, 0.29) is 11.5 Å². The van der Waals surface area contributed by atoms with Crippen LogP contribution in [-0.2, 0) is 15.1 Å². The number of rotatable bonds is 4. The van der Waals surface area contributed by atoms with Crippen LogP contribution in [0.2, 0.25) is 0 Å². The molecular weight excluding hydrogens is 362 g/mol. The Labute approximate surface area is 173 Å². The maximum atomic E-state index is 11.5. The molecule has 1 amide bonds. The summed E-state index contributed by atoms with van der Waals surface area (Å²) in [5.74, 6) is 0.174. The van der Waals surface area contributed by atoms with Gasteiger partial charge in [0.05, 0.1) is 5.60 Å². The summed E-state index contributed by atoms with van der Waals surface area (Å²) >= 11 is 0. The van der Waals surface area contributed by atoms with Crippen LogP contribution in [0.25, 0.3) is 0 Å². The number of carbonyl (C=O) groups excluding carboxylic acids is 1. The lowest BCUT2D eigenvalue weighted by Gasteiger charge is -2.42. The molecule has 5 nitrogen and oxygen atoms in total. The quantitative estimate of drug-likeness (QED) is 0.797. The van der Waals surface area contributed by atoms with Crippen molar-refractivity contribution < 1.29 is 9.53 Å². The number of piperazine rings is 1. The van der Waals surface area contributed by atoms with Crippen molar-refractivity contribution in [1.82, 2.24) is 4.90 Å². The summed E-state index contributed by atoms with van der Waals surface area (Å²) in [5, 5.41) is 0. The van der Waals surface area contributed by atoms with Crippen molar-refractivity contribution in [3.8, 4) is 0 Å². The number of amides is 1. The van der Waals surface area contributed by atoms with Crippen LogP contribution in [0.15, 0.2) is 54.6 Å². The third-order valence-electron chi connectivity index (χ3n) is 6.57. The molecule has 0 aromatic heterocycles. The minimum absolute atomic E-state index is 0.173. The van der Waals surface area contributed by atoms with Crippen molar-refractivity contribution in [3.63, 3.8) is 0 Å². The summed E-state index contributed by atoms with van der Waals surface area (Å²) in [6, 6.07) is 19.5. The van der Waals surface area contributed by atoms with E-state index in [1.807, 2.05) is 12.0 Å². The zero-order valence-corrected chi connectivity index (χ0v) is 17.5. The van der Waals surface area contributed by atoms with Crippen LogP contribution in [0, 0.1) is 0 Å². The van der Waals surface area contributed by atoms with Crippen molar-refractivity contribution in [1.29, 1.82) is 0 Å². The normalized spacial score (nSPS) is 19.3. The van der Waals surface area contributed by atoms with Gasteiger partial charge in [0.2, 0.25) is 5.91 Å². The third-order valence-corrected chi connectivity index (χ3v) is 6.57. The molecule has 2 aromatic carbocycles. The van der Waals surface area contributed by atoms with Gasteiger partial charge in [0, 0.05) is 64.7 Å². The minimum Gasteiger partial charge on any atom is -0.373 e. The van der Waals surface area contributed by atoms with Crippen LogP contribution >= 0.6 is 0 Å². The van der Waals surface area contributed by atoms with Crippen molar-refractivity contribution >= 4 is 17.3 Å². The highest BCUT2D eigenvalue weighted by Gasteiger charge is 2.36. The van der Waals surface area contributed by atoms with E-state index in [1.54, 1.807) is 6.92 Å². The van der Waals surface area contributed by atoms with Gasteiger partial charge in [-0.1, -0.05) is 30.3 Å². The fourth-order valence-electron chi connectivity index (χ4n) is 4.63. The lowest BCUT2D eigenvalue weighted by atomic mass is 9.84. The number of hydrogen-bond acceptors (Lipinski definition) is 4. The molecule has 0 bridgehead atoms. The van der Waals surface area contributed by atoms with Crippen molar-refractivity contribution in [2.75, 3.05) is 56.2 Å². The van der Waals surface area contributed by atoms with E-state index in [4.69, 9.17) is 4.74 Å². The summed E-state index contributed by atoms with van der Waals surface area (Å²) in [6.45, 7) is 7.04. The van der Waals surface area contributed by atoms with Gasteiger partial charge in [-0.3, -0.25) is 4.79 Å². The number of methoxy groups -OCH3 is 1. The first-order valence-electron chi connectivity index (χ1n) is 10.6. The number of benzene rings is 2. The van der Waals surface area contributed by atoms with E-state index >= 15 is 0 Å². The highest BCUT2D eigenvalue weighted by atomic mass is 16.5. The zero-order chi connectivity index (χ0) is 20.3. The molecule has 154 valence electrons. The topological polar surface area (TPSA) is 36.0 Å². The van der Waals surface area contributed by atoms with Crippen LogP contribution in [0.3, 0.4) is 0 Å². The number of anilines is 2. The average Bonchev–Trinajstić information content (AvgIpc) is 2.80. The van der Waals surface area contributed by atoms with Gasteiger partial charge in [0.1, 0.15) is 0 Å². The Morgan fingerprint density at radius 2 is 1.31 bits per heavy atom. The van der Waals surface area contributed by atoms with Gasteiger partial charge in [-0.15, -0.1) is 0 Å². The lowest BCUT2D eigenvalue weighted by Crippen LogP contribution is -2.48. The summed E-state index contributed by atoms with van der Waals surface area (Å²) in [4.78, 5) is 18.3. The van der Waals surface area contributed by atoms with Crippen LogP contribution in [0.1, 0.15) is 25.3 Å². The number of piperidine rings is 1. The third kappa shape index (κ3) is 4.10. The molecule has 2 saturated heterocycles. The first-order chi connectivity index (χ1) is 14.1. The molecule has 0 N–H and O–H groups in total. The number of ether oxygens (including phenoxy) is 1. The molecule has 0 aliphatic carbocycles. The maximum absolute atomic E-state index is 11.5. The van der Waals surface area contributed by atoms with Gasteiger partial charge in [0.15, 0.2) is 0 Å². The van der Waals surface area contributed by atoms with Gasteiger partial charge in [-0.05, 0) is 42.7 Å². The molecule has 0 atom stereocenters. The fourth-order valence-corrected chi connectivity index (χ4v) is 4.63. The number of carbonyl (C=O) groups is 1. The van der Waals surface area contributed by atoms with E-state index in [1.165, 1.54) is 16.9 Å². The summed E-state index contributed by atoms with van der Waals surface area (Å²) in [5.41, 5.74) is 3.62. The van der Waals surface area contributed by atoms with E-state index in [9.17, 15) is 4.79 Å². The Morgan fingerprint density at radius 3 is 1.79 bits per heavy atom. The van der Waals surface area contributed by atoms with Crippen LogP contribution in [-0.4, -0.2) is 57.2 Å². The Bertz CT molecular complexity index is 806. The molecule has 4 rings (SSSR count). The maximum Gasteiger partial charge on any atom is 0.219 e. The second-order valence-corrected chi connectivity index (χ2v) is 8.06. The number of nitrogens with zero attached hydrogens (tertiary/aromatic N) is 3. The predicted octanol–water partition coefficient (Wildman–Crippen LogP) is 3.50. The lowest BCUT2D eigenvalue weighted by molar-refractivity contribution is -0.129. The molecular formula is C24H31N3O2. The standard InChI is InChI=1S/C24H31N3O2/c1-20(28)25-16-18-27(19-17-25)23-10-8-22(9-11-23)26-14-12-24(29-2,13-15-26)21-6-4-3-5-7-21/h3-11H,12-19H2,1-2H3. The van der Waals surface area contributed by atoms with Crippen molar-refractivity contribution in [2.45, 2.75) is 25.4 Å². The Kier molecular flexibility index (Phi) is 5.76. The average molecular weight is 394 g/mol. The molecule has 0 spiro atoms. The first-order valence-corrected chi connectivity index (χ1v) is 10.6. The summed E-state index contributed by atoms with van der Waals surface area (Å²) in [6.07, 6.45) is 1.98. The van der Waals surface area contributed by atoms with Crippen molar-refractivity contribution in [2.24, 2.45) is 0 Å². The second-order valence-electron chi connectivity index (χ2n) is 8.06. The van der Waals surface area contributed by atoms with E-state index < -0.39 is 0 Å². The first kappa shape index (κ1) is 19.8. The van der Waals surface area contributed by atoms with Crippen LogP contribution in [0.5, 0.6) is 0 Å². The molecule has 0 unspecified atom stereocenters. The largest absolute Gasteiger partial charge is 0.373 e. The number of hydrogen-bond donors (Lipinski definition) is 0. The summed E-state index contributed by atoms with van der Waals surface area (Å²) < 4.78 is 6.01. The second kappa shape index (κ2) is 8.46.